The Balaban J connectivity index is 2.36. The first-order valence-electron chi connectivity index (χ1n) is 5.33. The van der Waals surface area contributed by atoms with E-state index < -0.39 is 0 Å². The van der Waals surface area contributed by atoms with E-state index in [9.17, 15) is 0 Å². The smallest absolute Gasteiger partial charge is 0.224 e. The normalized spacial score (nSPS) is 10.2. The lowest BCUT2D eigenvalue weighted by Gasteiger charge is -2.11. The number of aryl methyl sites for hydroxylation is 1. The van der Waals surface area contributed by atoms with E-state index in [1.165, 1.54) is 0 Å². The number of nitrogens with zero attached hydrogens (tertiary/aromatic N) is 2. The van der Waals surface area contributed by atoms with Crippen LogP contribution in [0, 0.1) is 6.92 Å². The molecule has 6 heteroatoms. The molecule has 1 aromatic heterocycles. The SMILES string of the molecule is CNc1ncc(Cl)c(Nc2cc(Br)ccc2C)n1. The summed E-state index contributed by atoms with van der Waals surface area (Å²) in [5, 5.41) is 6.56. The van der Waals surface area contributed by atoms with Gasteiger partial charge in [-0.3, -0.25) is 0 Å². The highest BCUT2D eigenvalue weighted by atomic mass is 79.9. The molecular formula is C12H12BrClN4. The predicted octanol–water partition coefficient (Wildman–Crippen LogP) is 3.99. The molecule has 0 bridgehead atoms. The Labute approximate surface area is 119 Å². The number of aromatic nitrogens is 2. The molecule has 0 fully saturated rings. The van der Waals surface area contributed by atoms with Crippen LogP contribution in [0.25, 0.3) is 0 Å². The van der Waals surface area contributed by atoms with E-state index in [0.29, 0.717) is 16.8 Å². The average molecular weight is 328 g/mol. The zero-order chi connectivity index (χ0) is 13.1. The van der Waals surface area contributed by atoms with Gasteiger partial charge in [0.2, 0.25) is 5.95 Å². The number of nitrogens with one attached hydrogen (secondary N) is 2. The molecule has 0 spiro atoms. The Bertz CT molecular complexity index is 574. The van der Waals surface area contributed by atoms with Crippen LogP contribution in [-0.2, 0) is 0 Å². The molecule has 0 aliphatic carbocycles. The van der Waals surface area contributed by atoms with Crippen molar-refractivity contribution in [2.45, 2.75) is 6.92 Å². The van der Waals surface area contributed by atoms with Crippen LogP contribution in [0.2, 0.25) is 5.02 Å². The zero-order valence-corrected chi connectivity index (χ0v) is 12.3. The van der Waals surface area contributed by atoms with Gasteiger partial charge in [0, 0.05) is 17.2 Å². The van der Waals surface area contributed by atoms with Crippen LogP contribution in [0.15, 0.2) is 28.9 Å². The highest BCUT2D eigenvalue weighted by Gasteiger charge is 2.07. The van der Waals surface area contributed by atoms with E-state index in [2.05, 4.69) is 36.5 Å². The summed E-state index contributed by atoms with van der Waals surface area (Å²) in [4.78, 5) is 8.31. The van der Waals surface area contributed by atoms with Gasteiger partial charge in [-0.2, -0.15) is 4.98 Å². The monoisotopic (exact) mass is 326 g/mol. The molecule has 0 unspecified atom stereocenters. The molecule has 0 radical (unpaired) electrons. The topological polar surface area (TPSA) is 49.8 Å². The number of hydrogen-bond acceptors (Lipinski definition) is 4. The van der Waals surface area contributed by atoms with Gasteiger partial charge in [-0.1, -0.05) is 33.6 Å². The maximum Gasteiger partial charge on any atom is 0.224 e. The third-order valence-electron chi connectivity index (χ3n) is 2.42. The number of anilines is 3. The van der Waals surface area contributed by atoms with Gasteiger partial charge in [0.1, 0.15) is 5.02 Å². The van der Waals surface area contributed by atoms with Gasteiger partial charge in [0.15, 0.2) is 5.82 Å². The fourth-order valence-electron chi connectivity index (χ4n) is 1.43. The number of benzene rings is 1. The quantitative estimate of drug-likeness (QED) is 0.895. The molecular weight excluding hydrogens is 316 g/mol. The Hall–Kier alpha value is -1.33. The molecule has 18 heavy (non-hydrogen) atoms. The molecule has 0 saturated heterocycles. The third-order valence-corrected chi connectivity index (χ3v) is 3.19. The molecule has 0 aliphatic heterocycles. The summed E-state index contributed by atoms with van der Waals surface area (Å²) in [5.74, 6) is 1.10. The summed E-state index contributed by atoms with van der Waals surface area (Å²) in [5.41, 5.74) is 2.06. The van der Waals surface area contributed by atoms with Gasteiger partial charge < -0.3 is 10.6 Å². The van der Waals surface area contributed by atoms with E-state index in [1.54, 1.807) is 13.2 Å². The van der Waals surface area contributed by atoms with Crippen molar-refractivity contribution in [3.05, 3.63) is 39.5 Å². The van der Waals surface area contributed by atoms with Gasteiger partial charge in [-0.25, -0.2) is 4.98 Å². The van der Waals surface area contributed by atoms with E-state index in [1.807, 2.05) is 25.1 Å². The minimum atomic E-state index is 0.480. The molecule has 2 N–H and O–H groups in total. The summed E-state index contributed by atoms with van der Waals surface area (Å²) in [6.07, 6.45) is 1.57. The molecule has 1 heterocycles. The molecule has 1 aromatic carbocycles. The first-order valence-corrected chi connectivity index (χ1v) is 6.50. The highest BCUT2D eigenvalue weighted by Crippen LogP contribution is 2.27. The minimum Gasteiger partial charge on any atom is -0.357 e. The third kappa shape index (κ3) is 2.91. The summed E-state index contributed by atoms with van der Waals surface area (Å²) >= 11 is 9.51. The lowest BCUT2D eigenvalue weighted by molar-refractivity contribution is 1.15. The molecule has 0 atom stereocenters. The van der Waals surface area contributed by atoms with Gasteiger partial charge in [-0.15, -0.1) is 0 Å². The second-order valence-corrected chi connectivity index (χ2v) is 5.05. The van der Waals surface area contributed by atoms with Gasteiger partial charge in [0.25, 0.3) is 0 Å². The molecule has 2 rings (SSSR count). The molecule has 2 aromatic rings. The summed E-state index contributed by atoms with van der Waals surface area (Å²) in [7, 11) is 1.76. The van der Waals surface area contributed by atoms with E-state index in [4.69, 9.17) is 11.6 Å². The summed E-state index contributed by atoms with van der Waals surface area (Å²) in [6.45, 7) is 2.02. The summed E-state index contributed by atoms with van der Waals surface area (Å²) < 4.78 is 0.995. The second kappa shape index (κ2) is 5.54. The number of halogens is 2. The molecule has 0 aliphatic rings. The Morgan fingerprint density at radius 3 is 2.83 bits per heavy atom. The molecule has 0 saturated carbocycles. The maximum atomic E-state index is 6.07. The van der Waals surface area contributed by atoms with Crippen LogP contribution in [0.1, 0.15) is 5.56 Å². The van der Waals surface area contributed by atoms with Crippen LogP contribution < -0.4 is 10.6 Å². The molecule has 0 amide bonds. The highest BCUT2D eigenvalue weighted by molar-refractivity contribution is 9.10. The predicted molar refractivity (Wildman–Crippen MR) is 78.8 cm³/mol. The maximum absolute atomic E-state index is 6.07. The molecule has 94 valence electrons. The fraction of sp³-hybridized carbons (Fsp3) is 0.167. The average Bonchev–Trinajstić information content (AvgIpc) is 2.36. The van der Waals surface area contributed by atoms with Gasteiger partial charge >= 0.3 is 0 Å². The van der Waals surface area contributed by atoms with Crippen LogP contribution >= 0.6 is 27.5 Å². The van der Waals surface area contributed by atoms with E-state index >= 15 is 0 Å². The standard InChI is InChI=1S/C12H12BrClN4/c1-7-3-4-8(13)5-10(7)17-11-9(14)6-16-12(15-2)18-11/h3-6H,1-2H3,(H2,15,16,17,18). The Morgan fingerprint density at radius 2 is 2.11 bits per heavy atom. The first-order chi connectivity index (χ1) is 8.60. The second-order valence-electron chi connectivity index (χ2n) is 3.72. The van der Waals surface area contributed by atoms with Gasteiger partial charge in [-0.05, 0) is 24.6 Å². The van der Waals surface area contributed by atoms with Crippen molar-refractivity contribution in [1.29, 1.82) is 0 Å². The number of hydrogen-bond donors (Lipinski definition) is 2. The van der Waals surface area contributed by atoms with Crippen molar-refractivity contribution in [2.24, 2.45) is 0 Å². The largest absolute Gasteiger partial charge is 0.357 e. The Morgan fingerprint density at radius 1 is 1.33 bits per heavy atom. The van der Waals surface area contributed by atoms with Crippen molar-refractivity contribution >= 4 is 45.0 Å². The van der Waals surface area contributed by atoms with E-state index in [-0.39, 0.29) is 0 Å². The van der Waals surface area contributed by atoms with Crippen molar-refractivity contribution in [2.75, 3.05) is 17.7 Å². The first kappa shape index (κ1) is 13.1. The van der Waals surface area contributed by atoms with Crippen molar-refractivity contribution < 1.29 is 0 Å². The van der Waals surface area contributed by atoms with Crippen molar-refractivity contribution in [3.63, 3.8) is 0 Å². The van der Waals surface area contributed by atoms with Crippen LogP contribution in [0.3, 0.4) is 0 Å². The zero-order valence-electron chi connectivity index (χ0n) is 9.96. The van der Waals surface area contributed by atoms with Gasteiger partial charge in [0.05, 0.1) is 6.20 Å². The van der Waals surface area contributed by atoms with Crippen LogP contribution in [0.5, 0.6) is 0 Å². The lowest BCUT2D eigenvalue weighted by atomic mass is 10.2. The lowest BCUT2D eigenvalue weighted by Crippen LogP contribution is -2.01. The Kier molecular flexibility index (Phi) is 4.04. The fourth-order valence-corrected chi connectivity index (χ4v) is 1.93. The van der Waals surface area contributed by atoms with E-state index in [0.717, 1.165) is 15.7 Å². The van der Waals surface area contributed by atoms with Crippen LogP contribution in [-0.4, -0.2) is 17.0 Å². The molecule has 4 nitrogen and oxygen atoms in total. The minimum absolute atomic E-state index is 0.480. The van der Waals surface area contributed by atoms with Crippen LogP contribution in [0.4, 0.5) is 17.5 Å². The van der Waals surface area contributed by atoms with Crippen molar-refractivity contribution in [3.8, 4) is 0 Å². The van der Waals surface area contributed by atoms with Crippen molar-refractivity contribution in [1.82, 2.24) is 9.97 Å². The summed E-state index contributed by atoms with van der Waals surface area (Å²) in [6, 6.07) is 5.98. The number of rotatable bonds is 3.